The van der Waals surface area contributed by atoms with Gasteiger partial charge in [0.2, 0.25) is 10.0 Å². The van der Waals surface area contributed by atoms with Crippen molar-refractivity contribution in [3.05, 3.63) is 29.8 Å². The van der Waals surface area contributed by atoms with Crippen LogP contribution in [0.3, 0.4) is 0 Å². The van der Waals surface area contributed by atoms with Gasteiger partial charge in [0.25, 0.3) is 5.91 Å². The molecule has 4 rings (SSSR count). The first kappa shape index (κ1) is 16.8. The molecule has 0 N–H and O–H groups in total. The Kier molecular flexibility index (Phi) is 4.45. The van der Waals surface area contributed by atoms with Gasteiger partial charge in [0.1, 0.15) is 0 Å². The van der Waals surface area contributed by atoms with Crippen LogP contribution in [0.1, 0.15) is 36.0 Å². The van der Waals surface area contributed by atoms with Gasteiger partial charge in [-0.2, -0.15) is 0 Å². The van der Waals surface area contributed by atoms with Crippen molar-refractivity contribution in [3.63, 3.8) is 0 Å². The molecule has 1 aromatic carbocycles. The first-order chi connectivity index (χ1) is 12.0. The molecule has 3 heterocycles. The summed E-state index contributed by atoms with van der Waals surface area (Å²) in [5.74, 6) is 0.261. The molecule has 25 heavy (non-hydrogen) atoms. The van der Waals surface area contributed by atoms with Crippen LogP contribution >= 0.6 is 0 Å². The lowest BCUT2D eigenvalue weighted by Gasteiger charge is -2.23. The zero-order chi connectivity index (χ0) is 17.4. The number of benzene rings is 1. The molecule has 6 nitrogen and oxygen atoms in total. The number of hydrogen-bond acceptors (Lipinski definition) is 4. The van der Waals surface area contributed by atoms with Gasteiger partial charge in [-0.1, -0.05) is 0 Å². The first-order valence-corrected chi connectivity index (χ1v) is 10.8. The number of amides is 1. The summed E-state index contributed by atoms with van der Waals surface area (Å²) in [6, 6.07) is 7.53. The van der Waals surface area contributed by atoms with Gasteiger partial charge in [0, 0.05) is 31.2 Å². The van der Waals surface area contributed by atoms with Crippen LogP contribution in [0.2, 0.25) is 0 Å². The van der Waals surface area contributed by atoms with E-state index in [4.69, 9.17) is 0 Å². The Morgan fingerprint density at radius 3 is 2.32 bits per heavy atom. The summed E-state index contributed by atoms with van der Waals surface area (Å²) < 4.78 is 25.4. The van der Waals surface area contributed by atoms with E-state index in [1.807, 2.05) is 4.90 Å². The van der Waals surface area contributed by atoms with E-state index in [-0.39, 0.29) is 11.7 Å². The topological polar surface area (TPSA) is 60.9 Å². The van der Waals surface area contributed by atoms with Crippen LogP contribution in [-0.4, -0.2) is 68.6 Å². The molecule has 3 saturated heterocycles. The van der Waals surface area contributed by atoms with Crippen molar-refractivity contribution < 1.29 is 13.2 Å². The lowest BCUT2D eigenvalue weighted by atomic mass is 10.2. The minimum atomic E-state index is -3.17. The van der Waals surface area contributed by atoms with Crippen molar-refractivity contribution >= 4 is 21.6 Å². The van der Waals surface area contributed by atoms with Gasteiger partial charge in [-0.25, -0.2) is 8.42 Å². The minimum Gasteiger partial charge on any atom is -0.337 e. The quantitative estimate of drug-likeness (QED) is 0.817. The Bertz CT molecular complexity index is 741. The van der Waals surface area contributed by atoms with Gasteiger partial charge in [0.05, 0.1) is 11.4 Å². The fourth-order valence-electron chi connectivity index (χ4n) is 4.21. The largest absolute Gasteiger partial charge is 0.337 e. The fraction of sp³-hybridized carbons (Fsp3) is 0.611. The molecular formula is C18H25N3O3S. The van der Waals surface area contributed by atoms with Crippen molar-refractivity contribution in [3.8, 4) is 0 Å². The average molecular weight is 363 g/mol. The fourth-order valence-corrected chi connectivity index (χ4v) is 5.78. The van der Waals surface area contributed by atoms with E-state index < -0.39 is 10.0 Å². The average Bonchev–Trinajstić information content (AvgIpc) is 3.34. The highest BCUT2D eigenvalue weighted by Crippen LogP contribution is 2.26. The highest BCUT2D eigenvalue weighted by atomic mass is 32.2. The van der Waals surface area contributed by atoms with Crippen molar-refractivity contribution in [1.29, 1.82) is 0 Å². The third-order valence-electron chi connectivity index (χ3n) is 5.61. The second-order valence-corrected chi connectivity index (χ2v) is 9.24. The van der Waals surface area contributed by atoms with Crippen LogP contribution in [-0.2, 0) is 10.0 Å². The highest BCUT2D eigenvalue weighted by Gasteiger charge is 2.32. The Hall–Kier alpha value is -1.60. The molecule has 0 saturated carbocycles. The van der Waals surface area contributed by atoms with Crippen LogP contribution in [0.4, 0.5) is 5.69 Å². The van der Waals surface area contributed by atoms with Crippen LogP contribution in [0.15, 0.2) is 24.3 Å². The maximum atomic E-state index is 12.7. The number of carbonyl (C=O) groups excluding carboxylic acids is 1. The van der Waals surface area contributed by atoms with Gasteiger partial charge in [-0.15, -0.1) is 0 Å². The number of rotatable bonds is 3. The lowest BCUT2D eigenvalue weighted by molar-refractivity contribution is 0.0780. The summed E-state index contributed by atoms with van der Waals surface area (Å²) in [6.07, 6.45) is 4.25. The van der Waals surface area contributed by atoms with E-state index in [2.05, 4.69) is 4.90 Å². The number of likely N-dealkylation sites (tertiary alicyclic amines) is 2. The van der Waals surface area contributed by atoms with E-state index in [0.29, 0.717) is 30.3 Å². The van der Waals surface area contributed by atoms with Crippen LogP contribution in [0.25, 0.3) is 0 Å². The van der Waals surface area contributed by atoms with Gasteiger partial charge in [0.15, 0.2) is 0 Å². The van der Waals surface area contributed by atoms with Gasteiger partial charge in [-0.05, 0) is 63.0 Å². The monoisotopic (exact) mass is 363 g/mol. The Balaban J connectivity index is 1.43. The normalized spacial score (nSPS) is 26.5. The predicted molar refractivity (Wildman–Crippen MR) is 97.3 cm³/mol. The summed E-state index contributed by atoms with van der Waals surface area (Å²) in [5.41, 5.74) is 1.30. The molecule has 0 spiro atoms. The maximum absolute atomic E-state index is 12.7. The van der Waals surface area contributed by atoms with Crippen molar-refractivity contribution in [2.75, 3.05) is 42.8 Å². The van der Waals surface area contributed by atoms with E-state index in [0.717, 1.165) is 32.6 Å². The SMILES string of the molecule is O=C(c1ccc(N2CCCS2(=O)=O)cc1)N1CCC(N2CCCC2)C1. The molecular weight excluding hydrogens is 338 g/mol. The van der Waals surface area contributed by atoms with Crippen LogP contribution in [0, 0.1) is 0 Å². The molecule has 136 valence electrons. The number of hydrogen-bond donors (Lipinski definition) is 0. The molecule has 1 unspecified atom stereocenters. The third-order valence-corrected chi connectivity index (χ3v) is 7.48. The first-order valence-electron chi connectivity index (χ1n) is 9.18. The number of carbonyl (C=O) groups is 1. The highest BCUT2D eigenvalue weighted by molar-refractivity contribution is 7.93. The predicted octanol–water partition coefficient (Wildman–Crippen LogP) is 1.54. The second-order valence-electron chi connectivity index (χ2n) is 7.23. The summed E-state index contributed by atoms with van der Waals surface area (Å²) >= 11 is 0. The van der Waals surface area contributed by atoms with Gasteiger partial charge in [-0.3, -0.25) is 14.0 Å². The van der Waals surface area contributed by atoms with Crippen molar-refractivity contribution in [2.45, 2.75) is 31.7 Å². The molecule has 3 fully saturated rings. The maximum Gasteiger partial charge on any atom is 0.253 e. The standard InChI is InChI=1S/C18H25N3O3S/c22-18(20-12-8-17(14-20)19-9-1-2-10-19)15-4-6-16(7-5-15)21-11-3-13-25(21,23)24/h4-7,17H,1-3,8-14H2. The summed E-state index contributed by atoms with van der Waals surface area (Å²) in [4.78, 5) is 17.2. The zero-order valence-electron chi connectivity index (χ0n) is 14.4. The molecule has 1 amide bonds. The second kappa shape index (κ2) is 6.61. The molecule has 0 radical (unpaired) electrons. The van der Waals surface area contributed by atoms with Crippen LogP contribution in [0.5, 0.6) is 0 Å². The van der Waals surface area contributed by atoms with Crippen molar-refractivity contribution in [1.82, 2.24) is 9.80 Å². The number of anilines is 1. The molecule has 0 aliphatic carbocycles. The molecule has 7 heteroatoms. The Morgan fingerprint density at radius 1 is 0.960 bits per heavy atom. The summed E-state index contributed by atoms with van der Waals surface area (Å²) in [7, 11) is -3.17. The molecule has 0 bridgehead atoms. The molecule has 3 aliphatic rings. The van der Waals surface area contributed by atoms with E-state index in [1.54, 1.807) is 24.3 Å². The van der Waals surface area contributed by atoms with E-state index in [9.17, 15) is 13.2 Å². The van der Waals surface area contributed by atoms with Crippen molar-refractivity contribution in [2.24, 2.45) is 0 Å². The summed E-state index contributed by atoms with van der Waals surface area (Å²) in [5, 5.41) is 0. The molecule has 0 aromatic heterocycles. The smallest absolute Gasteiger partial charge is 0.253 e. The van der Waals surface area contributed by atoms with E-state index >= 15 is 0 Å². The number of nitrogens with zero attached hydrogens (tertiary/aromatic N) is 3. The van der Waals surface area contributed by atoms with Gasteiger partial charge < -0.3 is 4.90 Å². The third kappa shape index (κ3) is 3.27. The number of sulfonamides is 1. The molecule has 3 aliphatic heterocycles. The zero-order valence-corrected chi connectivity index (χ0v) is 15.2. The summed E-state index contributed by atoms with van der Waals surface area (Å²) in [6.45, 7) is 4.46. The molecule has 1 atom stereocenters. The van der Waals surface area contributed by atoms with E-state index in [1.165, 1.54) is 17.1 Å². The lowest BCUT2D eigenvalue weighted by Crippen LogP contribution is -2.37. The minimum absolute atomic E-state index is 0.0533. The molecule has 1 aromatic rings. The Morgan fingerprint density at radius 2 is 1.68 bits per heavy atom. The van der Waals surface area contributed by atoms with Crippen LogP contribution < -0.4 is 4.31 Å². The van der Waals surface area contributed by atoms with Gasteiger partial charge >= 0.3 is 0 Å². The Labute approximate surface area is 149 Å².